The average molecular weight is 354 g/mol. The maximum Gasteiger partial charge on any atom is 0.0890 e. The van der Waals surface area contributed by atoms with Gasteiger partial charge in [0.05, 0.1) is 22.4 Å². The fourth-order valence-corrected chi connectivity index (χ4v) is 4.69. The van der Waals surface area contributed by atoms with Crippen molar-refractivity contribution in [3.8, 4) is 0 Å². The Labute approximate surface area is 156 Å². The van der Waals surface area contributed by atoms with Crippen LogP contribution in [0.1, 0.15) is 43.5 Å². The number of rotatable bonds is 5. The minimum Gasteiger partial charge on any atom is -0.396 e. The molecule has 0 spiro atoms. The third-order valence-electron chi connectivity index (χ3n) is 6.08. The highest BCUT2D eigenvalue weighted by molar-refractivity contribution is 5.74. The smallest absolute Gasteiger partial charge is 0.0890 e. The van der Waals surface area contributed by atoms with E-state index in [0.717, 1.165) is 61.1 Å². The van der Waals surface area contributed by atoms with Gasteiger partial charge in [-0.1, -0.05) is 25.0 Å². The van der Waals surface area contributed by atoms with Gasteiger partial charge in [-0.05, 0) is 38.3 Å². The summed E-state index contributed by atoms with van der Waals surface area (Å²) in [6, 6.07) is 9.29. The second kappa shape index (κ2) is 7.99. The second-order valence-electron chi connectivity index (χ2n) is 7.82. The molecule has 1 unspecified atom stereocenters. The molecule has 2 aliphatic rings. The Kier molecular flexibility index (Phi) is 5.48. The maximum atomic E-state index is 9.55. The maximum absolute atomic E-state index is 9.55. The Balaban J connectivity index is 1.47. The Hall–Kier alpha value is -1.56. The summed E-state index contributed by atoms with van der Waals surface area (Å²) in [6.45, 7) is 6.39. The summed E-state index contributed by atoms with van der Waals surface area (Å²) in [5.41, 5.74) is 4.06. The predicted octanol–water partition coefficient (Wildman–Crippen LogP) is 2.75. The summed E-state index contributed by atoms with van der Waals surface area (Å²) in [4.78, 5) is 14.8. The number of aliphatic hydroxyl groups is 1. The first-order chi connectivity index (χ1) is 12.7. The van der Waals surface area contributed by atoms with E-state index in [9.17, 15) is 5.11 Å². The van der Waals surface area contributed by atoms with E-state index in [0.29, 0.717) is 6.04 Å². The van der Waals surface area contributed by atoms with Gasteiger partial charge in [-0.3, -0.25) is 9.80 Å². The minimum atomic E-state index is 0.274. The lowest BCUT2D eigenvalue weighted by Crippen LogP contribution is -2.56. The molecule has 1 saturated carbocycles. The van der Waals surface area contributed by atoms with Crippen molar-refractivity contribution >= 4 is 11.0 Å². The Morgan fingerprint density at radius 1 is 1.08 bits per heavy atom. The van der Waals surface area contributed by atoms with E-state index in [1.165, 1.54) is 25.7 Å². The van der Waals surface area contributed by atoms with Crippen LogP contribution in [0.3, 0.4) is 0 Å². The molecule has 0 amide bonds. The van der Waals surface area contributed by atoms with Crippen LogP contribution >= 0.6 is 0 Å². The molecule has 1 aromatic heterocycles. The molecule has 1 aliphatic carbocycles. The molecule has 5 nitrogen and oxygen atoms in total. The normalized spacial score (nSPS) is 23.1. The summed E-state index contributed by atoms with van der Waals surface area (Å²) >= 11 is 0. The molecule has 2 fully saturated rings. The summed E-state index contributed by atoms with van der Waals surface area (Å²) in [5, 5.41) is 9.55. The fourth-order valence-electron chi connectivity index (χ4n) is 4.69. The SMILES string of the molecule is Cc1nc2ccccc2nc1CN1CCN(C2CCCC2)C(CCO)C1. The van der Waals surface area contributed by atoms with Crippen molar-refractivity contribution in [1.82, 2.24) is 19.8 Å². The van der Waals surface area contributed by atoms with Crippen LogP contribution < -0.4 is 0 Å². The third-order valence-corrected chi connectivity index (χ3v) is 6.08. The number of nitrogens with zero attached hydrogens (tertiary/aromatic N) is 4. The van der Waals surface area contributed by atoms with E-state index in [2.05, 4.69) is 16.7 Å². The van der Waals surface area contributed by atoms with E-state index in [1.54, 1.807) is 0 Å². The van der Waals surface area contributed by atoms with Gasteiger partial charge >= 0.3 is 0 Å². The lowest BCUT2D eigenvalue weighted by atomic mass is 10.0. The Morgan fingerprint density at radius 2 is 1.81 bits per heavy atom. The van der Waals surface area contributed by atoms with Gasteiger partial charge in [0.15, 0.2) is 0 Å². The van der Waals surface area contributed by atoms with Crippen LogP contribution in [0.15, 0.2) is 24.3 Å². The first-order valence-corrected chi connectivity index (χ1v) is 10.1. The van der Waals surface area contributed by atoms with Gasteiger partial charge in [-0.15, -0.1) is 0 Å². The van der Waals surface area contributed by atoms with Crippen LogP contribution in [-0.2, 0) is 6.54 Å². The van der Waals surface area contributed by atoms with E-state index < -0.39 is 0 Å². The van der Waals surface area contributed by atoms with Crippen molar-refractivity contribution in [2.24, 2.45) is 0 Å². The number of fused-ring (bicyclic) bond motifs is 1. The molecular weight excluding hydrogens is 324 g/mol. The minimum absolute atomic E-state index is 0.274. The molecule has 1 aromatic carbocycles. The van der Waals surface area contributed by atoms with Gasteiger partial charge in [0, 0.05) is 44.9 Å². The fraction of sp³-hybridized carbons (Fsp3) is 0.619. The molecule has 26 heavy (non-hydrogen) atoms. The first-order valence-electron chi connectivity index (χ1n) is 10.1. The highest BCUT2D eigenvalue weighted by Gasteiger charge is 2.33. The molecule has 1 saturated heterocycles. The first kappa shape index (κ1) is 17.8. The zero-order valence-corrected chi connectivity index (χ0v) is 15.8. The van der Waals surface area contributed by atoms with Crippen LogP contribution in [0.4, 0.5) is 0 Å². The van der Waals surface area contributed by atoms with E-state index in [-0.39, 0.29) is 6.61 Å². The average Bonchev–Trinajstić information content (AvgIpc) is 3.17. The number of benzene rings is 1. The van der Waals surface area contributed by atoms with Crippen molar-refractivity contribution in [3.05, 3.63) is 35.7 Å². The summed E-state index contributed by atoms with van der Waals surface area (Å²) in [5.74, 6) is 0. The topological polar surface area (TPSA) is 52.5 Å². The highest BCUT2D eigenvalue weighted by Crippen LogP contribution is 2.28. The van der Waals surface area contributed by atoms with Crippen LogP contribution in [0.25, 0.3) is 11.0 Å². The van der Waals surface area contributed by atoms with Crippen LogP contribution in [0.2, 0.25) is 0 Å². The van der Waals surface area contributed by atoms with Crippen molar-refractivity contribution in [2.45, 2.75) is 57.7 Å². The van der Waals surface area contributed by atoms with Crippen molar-refractivity contribution < 1.29 is 5.11 Å². The monoisotopic (exact) mass is 354 g/mol. The van der Waals surface area contributed by atoms with E-state index >= 15 is 0 Å². The number of hydrogen-bond donors (Lipinski definition) is 1. The molecule has 2 aromatic rings. The predicted molar refractivity (Wildman–Crippen MR) is 104 cm³/mol. The second-order valence-corrected chi connectivity index (χ2v) is 7.82. The molecule has 0 radical (unpaired) electrons. The van der Waals surface area contributed by atoms with Gasteiger partial charge in [0.1, 0.15) is 0 Å². The van der Waals surface area contributed by atoms with Crippen LogP contribution in [-0.4, -0.2) is 63.2 Å². The van der Waals surface area contributed by atoms with Crippen molar-refractivity contribution in [3.63, 3.8) is 0 Å². The molecular formula is C21H30N4O. The van der Waals surface area contributed by atoms with Crippen LogP contribution in [0, 0.1) is 6.92 Å². The number of aromatic nitrogens is 2. The number of piperazine rings is 1. The Morgan fingerprint density at radius 3 is 2.54 bits per heavy atom. The molecule has 4 rings (SSSR count). The number of hydrogen-bond acceptors (Lipinski definition) is 5. The summed E-state index contributed by atoms with van der Waals surface area (Å²) < 4.78 is 0. The molecule has 2 heterocycles. The number of para-hydroxylation sites is 2. The van der Waals surface area contributed by atoms with Gasteiger partial charge in [-0.2, -0.15) is 0 Å². The summed E-state index contributed by atoms with van der Waals surface area (Å²) in [7, 11) is 0. The third kappa shape index (κ3) is 3.75. The Bertz CT molecular complexity index is 744. The van der Waals surface area contributed by atoms with Crippen molar-refractivity contribution in [2.75, 3.05) is 26.2 Å². The molecule has 1 N–H and O–H groups in total. The van der Waals surface area contributed by atoms with Crippen molar-refractivity contribution in [1.29, 1.82) is 0 Å². The number of aryl methyl sites for hydroxylation is 1. The molecule has 1 atom stereocenters. The number of aliphatic hydroxyl groups excluding tert-OH is 1. The lowest BCUT2D eigenvalue weighted by Gasteiger charge is -2.44. The quantitative estimate of drug-likeness (QED) is 0.895. The lowest BCUT2D eigenvalue weighted by molar-refractivity contribution is 0.0262. The zero-order chi connectivity index (χ0) is 17.9. The van der Waals surface area contributed by atoms with Gasteiger partial charge < -0.3 is 5.11 Å². The molecule has 0 bridgehead atoms. The van der Waals surface area contributed by atoms with Gasteiger partial charge in [0.2, 0.25) is 0 Å². The molecule has 140 valence electrons. The van der Waals surface area contributed by atoms with Gasteiger partial charge in [0.25, 0.3) is 0 Å². The standard InChI is InChI=1S/C21H30N4O/c1-16-21(23-20-9-5-4-8-19(20)22-16)15-24-11-12-25(17-6-2-3-7-17)18(14-24)10-13-26/h4-5,8-9,17-18,26H,2-3,6-7,10-15H2,1H3. The highest BCUT2D eigenvalue weighted by atomic mass is 16.3. The van der Waals surface area contributed by atoms with E-state index in [1.807, 2.05) is 24.3 Å². The van der Waals surface area contributed by atoms with Gasteiger partial charge in [-0.25, -0.2) is 9.97 Å². The largest absolute Gasteiger partial charge is 0.396 e. The summed E-state index contributed by atoms with van der Waals surface area (Å²) in [6.07, 6.45) is 6.26. The molecule has 1 aliphatic heterocycles. The zero-order valence-electron chi connectivity index (χ0n) is 15.8. The molecule has 5 heteroatoms. The van der Waals surface area contributed by atoms with Crippen LogP contribution in [0.5, 0.6) is 0 Å². The van der Waals surface area contributed by atoms with E-state index in [4.69, 9.17) is 9.97 Å².